The van der Waals surface area contributed by atoms with Crippen LogP contribution in [-0.2, 0) is 9.53 Å². The molecule has 4 heteroatoms. The zero-order valence-corrected chi connectivity index (χ0v) is 13.3. The third-order valence-electron chi connectivity index (χ3n) is 6.61. The molecule has 4 bridgehead atoms. The first-order chi connectivity index (χ1) is 9.19. The molecule has 5 heterocycles. The third-order valence-corrected chi connectivity index (χ3v) is 6.61. The Morgan fingerprint density at radius 3 is 1.90 bits per heavy atom. The van der Waals surface area contributed by atoms with Crippen molar-refractivity contribution in [2.75, 3.05) is 32.8 Å². The van der Waals surface area contributed by atoms with Gasteiger partial charge in [0.2, 0.25) is 5.66 Å². The van der Waals surface area contributed by atoms with Gasteiger partial charge in [-0.1, -0.05) is 0 Å². The Labute approximate surface area is 121 Å². The van der Waals surface area contributed by atoms with Gasteiger partial charge in [0, 0.05) is 0 Å². The Morgan fingerprint density at radius 2 is 1.45 bits per heavy atom. The summed E-state index contributed by atoms with van der Waals surface area (Å²) >= 11 is 0. The topological polar surface area (TPSA) is 35.2 Å². The molecule has 5 aliphatic rings. The van der Waals surface area contributed by atoms with E-state index in [4.69, 9.17) is 4.74 Å². The number of ketones is 1. The molecule has 0 atom stereocenters. The number of ether oxygens (including phenoxy) is 1. The van der Waals surface area contributed by atoms with Crippen LogP contribution in [0.2, 0.25) is 0 Å². The molecule has 0 aromatic carbocycles. The number of hydrogen-bond acceptors (Lipinski definition) is 2. The summed E-state index contributed by atoms with van der Waals surface area (Å²) in [5, 5.41) is 0. The van der Waals surface area contributed by atoms with E-state index in [0.29, 0.717) is 11.4 Å². The van der Waals surface area contributed by atoms with E-state index in [2.05, 4.69) is 27.7 Å². The summed E-state index contributed by atoms with van der Waals surface area (Å²) < 4.78 is 5.97. The van der Waals surface area contributed by atoms with E-state index < -0.39 is 0 Å². The zero-order valence-electron chi connectivity index (χ0n) is 13.3. The summed E-state index contributed by atoms with van der Waals surface area (Å²) in [5.41, 5.74) is 0.133. The molecule has 0 radical (unpaired) electrons. The summed E-state index contributed by atoms with van der Waals surface area (Å²) in [6.07, 6.45) is 2.28. The van der Waals surface area contributed by atoms with Gasteiger partial charge in [0.1, 0.15) is 10.8 Å². The number of nitrogens with one attached hydrogen (secondary N) is 2. The zero-order chi connectivity index (χ0) is 14.4. The van der Waals surface area contributed by atoms with Crippen molar-refractivity contribution in [2.45, 2.75) is 51.8 Å². The van der Waals surface area contributed by atoms with E-state index in [1.807, 2.05) is 0 Å². The van der Waals surface area contributed by atoms with Crippen LogP contribution in [0.1, 0.15) is 40.5 Å². The van der Waals surface area contributed by atoms with Crippen LogP contribution in [0.4, 0.5) is 0 Å². The first-order valence-corrected chi connectivity index (χ1v) is 8.09. The highest BCUT2D eigenvalue weighted by molar-refractivity contribution is 5.91. The number of carbonyl (C=O) groups excluding carboxylic acids is 1. The van der Waals surface area contributed by atoms with Crippen LogP contribution in [0.3, 0.4) is 0 Å². The molecule has 2 N–H and O–H groups in total. The third kappa shape index (κ3) is 1.45. The van der Waals surface area contributed by atoms with E-state index in [1.54, 1.807) is 9.80 Å². The molecule has 5 saturated heterocycles. The van der Waals surface area contributed by atoms with Crippen LogP contribution in [0.25, 0.3) is 0 Å². The monoisotopic (exact) mass is 280 g/mol. The van der Waals surface area contributed by atoms with Gasteiger partial charge in [-0.25, -0.2) is 0 Å². The molecule has 20 heavy (non-hydrogen) atoms. The molecule has 0 amide bonds. The molecule has 1 spiro atoms. The average molecular weight is 280 g/mol. The van der Waals surface area contributed by atoms with Gasteiger partial charge >= 0.3 is 0 Å². The van der Waals surface area contributed by atoms with Crippen LogP contribution in [0, 0.1) is 10.8 Å². The van der Waals surface area contributed by atoms with Crippen molar-refractivity contribution in [3.63, 3.8) is 0 Å². The lowest BCUT2D eigenvalue weighted by molar-refractivity contribution is -1.20. The fourth-order valence-electron chi connectivity index (χ4n) is 6.08. The molecule has 4 nitrogen and oxygen atoms in total. The SMILES string of the molecule is CC1(C)CC2(CCO1)[NH+]1CC3(C)C[NH+]2CC(C)(C1)C3=O. The largest absolute Gasteiger partial charge is 0.375 e. The maximum Gasteiger partial charge on any atom is 0.227 e. The summed E-state index contributed by atoms with van der Waals surface area (Å²) in [5.74, 6) is 0.540. The lowest BCUT2D eigenvalue weighted by Gasteiger charge is -2.65. The lowest BCUT2D eigenvalue weighted by Crippen LogP contribution is -3.49. The predicted molar refractivity (Wildman–Crippen MR) is 74.6 cm³/mol. The molecule has 0 aromatic rings. The van der Waals surface area contributed by atoms with E-state index in [1.165, 1.54) is 0 Å². The summed E-state index contributed by atoms with van der Waals surface area (Å²) in [7, 11) is 0. The molecule has 5 rings (SSSR count). The van der Waals surface area contributed by atoms with Crippen LogP contribution in [0.5, 0.6) is 0 Å². The van der Waals surface area contributed by atoms with Gasteiger partial charge in [-0.3, -0.25) is 14.6 Å². The standard InChI is InChI=1S/C16H26N2O2/c1-13(2)7-16(5-6-20-13)17-8-14(3)9-18(16)11-15(4,10-17)12(14)19/h5-11H2,1-4H3/p+2. The maximum absolute atomic E-state index is 12.8. The average Bonchev–Trinajstić information content (AvgIpc) is 2.30. The van der Waals surface area contributed by atoms with E-state index in [0.717, 1.165) is 45.6 Å². The molecule has 0 aliphatic carbocycles. The minimum atomic E-state index is -0.0797. The van der Waals surface area contributed by atoms with Crippen molar-refractivity contribution in [1.29, 1.82) is 0 Å². The minimum Gasteiger partial charge on any atom is -0.375 e. The van der Waals surface area contributed by atoms with Gasteiger partial charge in [-0.15, -0.1) is 0 Å². The minimum absolute atomic E-state index is 0.0144. The predicted octanol–water partition coefficient (Wildman–Crippen LogP) is -1.34. The van der Waals surface area contributed by atoms with Crippen molar-refractivity contribution in [3.8, 4) is 0 Å². The number of piperidine rings is 2. The van der Waals surface area contributed by atoms with Crippen molar-refractivity contribution < 1.29 is 19.3 Å². The quantitative estimate of drug-likeness (QED) is 0.576. The van der Waals surface area contributed by atoms with Crippen LogP contribution in [-0.4, -0.2) is 49.8 Å². The van der Waals surface area contributed by atoms with Crippen molar-refractivity contribution in [1.82, 2.24) is 0 Å². The first-order valence-electron chi connectivity index (χ1n) is 8.09. The smallest absolute Gasteiger partial charge is 0.227 e. The maximum atomic E-state index is 12.8. The summed E-state index contributed by atoms with van der Waals surface area (Å²) in [6.45, 7) is 13.9. The van der Waals surface area contributed by atoms with Gasteiger partial charge in [-0.2, -0.15) is 0 Å². The summed E-state index contributed by atoms with van der Waals surface area (Å²) in [4.78, 5) is 16.1. The Hall–Kier alpha value is -0.450. The Balaban J connectivity index is 1.75. The highest BCUT2D eigenvalue weighted by Crippen LogP contribution is 2.39. The molecular weight excluding hydrogens is 252 g/mol. The Kier molecular flexibility index (Phi) is 2.30. The number of hydrogen-bond donors (Lipinski definition) is 2. The number of quaternary nitrogens is 2. The summed E-state index contributed by atoms with van der Waals surface area (Å²) in [6, 6.07) is 0. The van der Waals surface area contributed by atoms with Gasteiger partial charge in [0.05, 0.1) is 51.2 Å². The molecular formula is C16H28N2O2+2. The molecule has 5 aliphatic heterocycles. The second kappa shape index (κ2) is 3.47. The van der Waals surface area contributed by atoms with Crippen LogP contribution >= 0.6 is 0 Å². The molecule has 5 fully saturated rings. The fourth-order valence-corrected chi connectivity index (χ4v) is 6.08. The fraction of sp³-hybridized carbons (Fsp3) is 0.938. The Morgan fingerprint density at radius 1 is 0.950 bits per heavy atom. The Bertz CT molecular complexity index is 445. The number of rotatable bonds is 0. The molecule has 0 saturated carbocycles. The highest BCUT2D eigenvalue weighted by atomic mass is 16.5. The van der Waals surface area contributed by atoms with Crippen LogP contribution in [0.15, 0.2) is 0 Å². The lowest BCUT2D eigenvalue weighted by atomic mass is 9.59. The van der Waals surface area contributed by atoms with Crippen molar-refractivity contribution in [2.24, 2.45) is 10.8 Å². The van der Waals surface area contributed by atoms with E-state index >= 15 is 0 Å². The van der Waals surface area contributed by atoms with Crippen LogP contribution < -0.4 is 9.80 Å². The normalized spacial score (nSPS) is 56.5. The second-order valence-electron chi connectivity index (χ2n) is 8.98. The van der Waals surface area contributed by atoms with E-state index in [9.17, 15) is 4.79 Å². The van der Waals surface area contributed by atoms with Gasteiger partial charge in [0.25, 0.3) is 0 Å². The van der Waals surface area contributed by atoms with E-state index in [-0.39, 0.29) is 16.4 Å². The highest BCUT2D eigenvalue weighted by Gasteiger charge is 2.74. The number of carbonyl (C=O) groups is 1. The van der Waals surface area contributed by atoms with Crippen molar-refractivity contribution >= 4 is 5.78 Å². The van der Waals surface area contributed by atoms with Gasteiger partial charge in [-0.05, 0) is 27.7 Å². The molecule has 0 unspecified atom stereocenters. The molecule has 0 aromatic heterocycles. The second-order valence-corrected chi connectivity index (χ2v) is 8.98. The van der Waals surface area contributed by atoms with Crippen molar-refractivity contribution in [3.05, 3.63) is 0 Å². The van der Waals surface area contributed by atoms with Gasteiger partial charge in [0.15, 0.2) is 5.78 Å². The first kappa shape index (κ1) is 13.2. The number of Topliss-reactive ketones (excluding diaryl/α,β-unsaturated/α-hetero) is 1. The molecule has 112 valence electrons. The van der Waals surface area contributed by atoms with Gasteiger partial charge < -0.3 is 4.74 Å².